The van der Waals surface area contributed by atoms with Gasteiger partial charge in [-0.1, -0.05) is 13.0 Å². The fourth-order valence-electron chi connectivity index (χ4n) is 2.65. The molecule has 5 heteroatoms. The molecule has 1 N–H and O–H groups in total. The summed E-state index contributed by atoms with van der Waals surface area (Å²) in [7, 11) is 0. The molecule has 0 aromatic carbocycles. The van der Waals surface area contributed by atoms with Gasteiger partial charge in [-0.25, -0.2) is 4.98 Å². The van der Waals surface area contributed by atoms with E-state index in [9.17, 15) is 4.79 Å². The highest BCUT2D eigenvalue weighted by molar-refractivity contribution is 7.15. The number of fused-ring (bicyclic) bond motifs is 1. The van der Waals surface area contributed by atoms with Crippen LogP contribution in [-0.4, -0.2) is 10.9 Å². The summed E-state index contributed by atoms with van der Waals surface area (Å²) in [5, 5.41) is 5.83. The average molecular weight is 320 g/mol. The van der Waals surface area contributed by atoms with Crippen molar-refractivity contribution in [3.63, 3.8) is 0 Å². The lowest BCUT2D eigenvalue weighted by Gasteiger charge is -2.15. The van der Waals surface area contributed by atoms with Gasteiger partial charge in [0, 0.05) is 16.2 Å². The molecule has 0 bridgehead atoms. The Labute approximate surface area is 133 Å². The predicted octanol–water partition coefficient (Wildman–Crippen LogP) is 4.29. The summed E-state index contributed by atoms with van der Waals surface area (Å²) in [6, 6.07) is 4.18. The van der Waals surface area contributed by atoms with Crippen LogP contribution in [-0.2, 0) is 24.1 Å². The molecule has 21 heavy (non-hydrogen) atoms. The molecule has 2 heterocycles. The summed E-state index contributed by atoms with van der Waals surface area (Å²) >= 11 is 3.41. The Bertz CT molecular complexity index is 604. The molecule has 0 aliphatic heterocycles. The van der Waals surface area contributed by atoms with Crippen LogP contribution in [0.5, 0.6) is 0 Å². The Kier molecular flexibility index (Phi) is 4.70. The maximum atomic E-state index is 12.0. The van der Waals surface area contributed by atoms with E-state index in [-0.39, 0.29) is 5.91 Å². The van der Waals surface area contributed by atoms with E-state index in [4.69, 9.17) is 0 Å². The molecular formula is C16H20N2OS2. The first kappa shape index (κ1) is 14.7. The van der Waals surface area contributed by atoms with Crippen molar-refractivity contribution < 1.29 is 4.79 Å². The van der Waals surface area contributed by atoms with Crippen LogP contribution in [0.2, 0.25) is 0 Å². The van der Waals surface area contributed by atoms with Crippen LogP contribution in [0.4, 0.5) is 5.13 Å². The Hall–Kier alpha value is -1.20. The van der Waals surface area contributed by atoms with E-state index >= 15 is 0 Å². The van der Waals surface area contributed by atoms with Crippen molar-refractivity contribution in [1.82, 2.24) is 4.98 Å². The van der Waals surface area contributed by atoms with Crippen molar-refractivity contribution >= 4 is 33.7 Å². The molecule has 0 saturated heterocycles. The van der Waals surface area contributed by atoms with Crippen LogP contribution in [0.3, 0.4) is 0 Å². The lowest BCUT2D eigenvalue weighted by molar-refractivity contribution is -0.116. The number of hydrogen-bond acceptors (Lipinski definition) is 4. The summed E-state index contributed by atoms with van der Waals surface area (Å²) in [4.78, 5) is 19.3. The van der Waals surface area contributed by atoms with Crippen LogP contribution >= 0.6 is 22.7 Å². The number of amides is 1. The summed E-state index contributed by atoms with van der Waals surface area (Å²) in [5.41, 5.74) is 1.20. The Morgan fingerprint density at radius 2 is 2.43 bits per heavy atom. The van der Waals surface area contributed by atoms with Gasteiger partial charge in [-0.3, -0.25) is 4.79 Å². The number of nitrogens with zero attached hydrogens (tertiary/aromatic N) is 1. The SMILES string of the molecule is C[C@@H]1CCc2nc(NC(=O)CCCc3cccs3)sc2C1. The van der Waals surface area contributed by atoms with Crippen molar-refractivity contribution in [2.45, 2.75) is 45.4 Å². The van der Waals surface area contributed by atoms with Crippen molar-refractivity contribution in [3.05, 3.63) is 33.0 Å². The molecule has 1 aliphatic carbocycles. The third-order valence-corrected chi connectivity index (χ3v) is 5.81. The van der Waals surface area contributed by atoms with Gasteiger partial charge in [-0.2, -0.15) is 0 Å². The lowest BCUT2D eigenvalue weighted by Crippen LogP contribution is -2.11. The minimum absolute atomic E-state index is 0.0886. The van der Waals surface area contributed by atoms with Crippen LogP contribution in [0.1, 0.15) is 41.6 Å². The number of hydrogen-bond donors (Lipinski definition) is 1. The molecule has 0 spiro atoms. The number of anilines is 1. The molecule has 3 rings (SSSR count). The Morgan fingerprint density at radius 3 is 3.24 bits per heavy atom. The minimum Gasteiger partial charge on any atom is -0.302 e. The monoisotopic (exact) mass is 320 g/mol. The van der Waals surface area contributed by atoms with Crippen molar-refractivity contribution in [1.29, 1.82) is 0 Å². The first-order valence-electron chi connectivity index (χ1n) is 7.51. The van der Waals surface area contributed by atoms with E-state index in [0.717, 1.165) is 36.7 Å². The zero-order valence-corrected chi connectivity index (χ0v) is 13.9. The standard InChI is InChI=1S/C16H20N2OS2/c1-11-7-8-13-14(10-11)21-16(17-13)18-15(19)6-2-4-12-5-3-9-20-12/h3,5,9,11H,2,4,6-8,10H2,1H3,(H,17,18,19)/t11-/m1/s1. The van der Waals surface area contributed by atoms with Gasteiger partial charge in [0.1, 0.15) is 0 Å². The largest absolute Gasteiger partial charge is 0.302 e. The first-order valence-corrected chi connectivity index (χ1v) is 9.21. The predicted molar refractivity (Wildman–Crippen MR) is 89.2 cm³/mol. The van der Waals surface area contributed by atoms with E-state index in [0.29, 0.717) is 6.42 Å². The molecule has 0 fully saturated rings. The molecule has 1 aliphatic rings. The van der Waals surface area contributed by atoms with E-state index < -0.39 is 0 Å². The fourth-order valence-corrected chi connectivity index (χ4v) is 4.59. The van der Waals surface area contributed by atoms with Gasteiger partial charge in [0.15, 0.2) is 5.13 Å². The van der Waals surface area contributed by atoms with Gasteiger partial charge in [0.05, 0.1) is 5.69 Å². The van der Waals surface area contributed by atoms with Gasteiger partial charge in [-0.05, 0) is 49.5 Å². The fraction of sp³-hybridized carbons (Fsp3) is 0.500. The zero-order chi connectivity index (χ0) is 14.7. The third-order valence-electron chi connectivity index (χ3n) is 3.84. The summed E-state index contributed by atoms with van der Waals surface area (Å²) in [6.07, 6.45) is 5.83. The average Bonchev–Trinajstić information content (AvgIpc) is 3.07. The zero-order valence-electron chi connectivity index (χ0n) is 12.2. The van der Waals surface area contributed by atoms with Gasteiger partial charge >= 0.3 is 0 Å². The summed E-state index contributed by atoms with van der Waals surface area (Å²) in [6.45, 7) is 2.28. The van der Waals surface area contributed by atoms with Crippen molar-refractivity contribution in [2.24, 2.45) is 5.92 Å². The van der Waals surface area contributed by atoms with Crippen LogP contribution in [0, 0.1) is 5.92 Å². The smallest absolute Gasteiger partial charge is 0.226 e. The molecule has 3 nitrogen and oxygen atoms in total. The van der Waals surface area contributed by atoms with Gasteiger partial charge in [-0.15, -0.1) is 22.7 Å². The molecule has 0 unspecified atom stereocenters. The second-order valence-corrected chi connectivity index (χ2v) is 7.83. The minimum atomic E-state index is 0.0886. The highest BCUT2D eigenvalue weighted by Crippen LogP contribution is 2.32. The molecule has 0 radical (unpaired) electrons. The summed E-state index contributed by atoms with van der Waals surface area (Å²) < 4.78 is 0. The van der Waals surface area contributed by atoms with Gasteiger partial charge < -0.3 is 5.32 Å². The molecule has 0 saturated carbocycles. The second-order valence-electron chi connectivity index (χ2n) is 5.72. The van der Waals surface area contributed by atoms with E-state index in [2.05, 4.69) is 34.7 Å². The van der Waals surface area contributed by atoms with Crippen LogP contribution < -0.4 is 5.32 Å². The van der Waals surface area contributed by atoms with E-state index in [1.807, 2.05) is 0 Å². The van der Waals surface area contributed by atoms with Crippen LogP contribution in [0.15, 0.2) is 17.5 Å². The number of carbonyl (C=O) groups is 1. The van der Waals surface area contributed by atoms with E-state index in [1.165, 1.54) is 21.9 Å². The molecule has 2 aromatic rings. The van der Waals surface area contributed by atoms with E-state index in [1.54, 1.807) is 22.7 Å². The number of aryl methyl sites for hydroxylation is 2. The quantitative estimate of drug-likeness (QED) is 0.893. The summed E-state index contributed by atoms with van der Waals surface area (Å²) in [5.74, 6) is 0.831. The topological polar surface area (TPSA) is 42.0 Å². The first-order chi connectivity index (χ1) is 10.2. The third kappa shape index (κ3) is 3.92. The number of thiazole rings is 1. The number of thiophene rings is 1. The number of carbonyl (C=O) groups excluding carboxylic acids is 1. The molecule has 1 atom stereocenters. The van der Waals surface area contributed by atoms with Gasteiger partial charge in [0.2, 0.25) is 5.91 Å². The maximum absolute atomic E-state index is 12.0. The number of nitrogens with one attached hydrogen (secondary N) is 1. The van der Waals surface area contributed by atoms with Crippen LogP contribution in [0.25, 0.3) is 0 Å². The lowest BCUT2D eigenvalue weighted by atomic mass is 9.93. The molecule has 112 valence electrons. The second kappa shape index (κ2) is 6.71. The highest BCUT2D eigenvalue weighted by Gasteiger charge is 2.20. The Morgan fingerprint density at radius 1 is 1.52 bits per heavy atom. The van der Waals surface area contributed by atoms with Crippen molar-refractivity contribution in [3.8, 4) is 0 Å². The van der Waals surface area contributed by atoms with Gasteiger partial charge in [0.25, 0.3) is 0 Å². The molecule has 1 amide bonds. The molecular weight excluding hydrogens is 300 g/mol. The molecule has 2 aromatic heterocycles. The van der Waals surface area contributed by atoms with Crippen molar-refractivity contribution in [2.75, 3.05) is 5.32 Å². The maximum Gasteiger partial charge on any atom is 0.226 e. The number of rotatable bonds is 5. The highest BCUT2D eigenvalue weighted by atomic mass is 32.1. The Balaban J connectivity index is 1.48. The normalized spacial score (nSPS) is 17.5. The number of aromatic nitrogens is 1.